The van der Waals surface area contributed by atoms with E-state index in [0.29, 0.717) is 12.1 Å². The van der Waals surface area contributed by atoms with Crippen LogP contribution in [0.25, 0.3) is 16.0 Å². The summed E-state index contributed by atoms with van der Waals surface area (Å²) in [4.78, 5) is 19.7. The lowest BCUT2D eigenvalue weighted by Crippen LogP contribution is -2.43. The molecule has 0 unspecified atom stereocenters. The van der Waals surface area contributed by atoms with Crippen molar-refractivity contribution in [2.24, 2.45) is 5.92 Å². The van der Waals surface area contributed by atoms with Gasteiger partial charge in [-0.25, -0.2) is 13.5 Å². The lowest BCUT2D eigenvalue weighted by atomic mass is 9.97. The Morgan fingerprint density at radius 2 is 1.97 bits per heavy atom. The maximum atomic E-state index is 13.9. The zero-order valence-corrected chi connectivity index (χ0v) is 18.9. The van der Waals surface area contributed by atoms with Crippen LogP contribution in [0.4, 0.5) is 13.9 Å². The number of benzene rings is 2. The quantitative estimate of drug-likeness (QED) is 0.466. The minimum Gasteiger partial charge on any atom is -0.352 e. The highest BCUT2D eigenvalue weighted by atomic mass is 32.1. The van der Waals surface area contributed by atoms with Gasteiger partial charge in [-0.2, -0.15) is 10.1 Å². The predicted molar refractivity (Wildman–Crippen MR) is 125 cm³/mol. The monoisotopic (exact) mass is 467 g/mol. The number of thiazole rings is 1. The smallest absolute Gasteiger partial charge is 0.225 e. The molecule has 0 radical (unpaired) electrons. The molecule has 1 atom stereocenters. The standard InChI is InChI=1S/C24H23F2N5OS/c1-15-21-22(31(29-15)19-10-8-18(25)9-11-19)28-24(33-21)30-12-4-6-17(14-30)23(32)27-13-16-5-2-3-7-20(16)26/h2-3,5,7-11,17H,4,6,12-14H2,1H3,(H,27,32)/t17-/m0/s1. The van der Waals surface area contributed by atoms with Gasteiger partial charge in [0.2, 0.25) is 5.91 Å². The Kier molecular flexibility index (Phi) is 5.80. The van der Waals surface area contributed by atoms with Crippen LogP contribution in [0.3, 0.4) is 0 Å². The van der Waals surface area contributed by atoms with Gasteiger partial charge in [0.1, 0.15) is 11.6 Å². The molecule has 6 nitrogen and oxygen atoms in total. The summed E-state index contributed by atoms with van der Waals surface area (Å²) in [6.45, 7) is 3.48. The topological polar surface area (TPSA) is 63.1 Å². The summed E-state index contributed by atoms with van der Waals surface area (Å²) in [5.41, 5.74) is 2.81. The number of aromatic nitrogens is 3. The molecular weight excluding hydrogens is 444 g/mol. The number of hydrogen-bond donors (Lipinski definition) is 1. The molecule has 0 saturated carbocycles. The van der Waals surface area contributed by atoms with Crippen LogP contribution in [0, 0.1) is 24.5 Å². The number of rotatable bonds is 5. The molecule has 1 aliphatic rings. The Morgan fingerprint density at radius 1 is 1.18 bits per heavy atom. The first kappa shape index (κ1) is 21.5. The number of hydrogen-bond acceptors (Lipinski definition) is 5. The molecule has 0 bridgehead atoms. The molecule has 1 saturated heterocycles. The Hall–Kier alpha value is -3.33. The highest BCUT2D eigenvalue weighted by Crippen LogP contribution is 2.34. The van der Waals surface area contributed by atoms with Crippen LogP contribution in [0.2, 0.25) is 0 Å². The lowest BCUT2D eigenvalue weighted by Gasteiger charge is -2.31. The average molecular weight is 468 g/mol. The number of anilines is 1. The third-order valence-corrected chi connectivity index (χ3v) is 7.14. The Labute approximate surface area is 193 Å². The molecule has 1 N–H and O–H groups in total. The number of aryl methyl sites for hydroxylation is 1. The van der Waals surface area contributed by atoms with Crippen molar-refractivity contribution in [3.05, 3.63) is 71.4 Å². The van der Waals surface area contributed by atoms with Gasteiger partial charge in [-0.3, -0.25) is 4.79 Å². The molecule has 3 heterocycles. The summed E-state index contributed by atoms with van der Waals surface area (Å²) in [5, 5.41) is 8.29. The summed E-state index contributed by atoms with van der Waals surface area (Å²) in [5.74, 6) is -0.876. The van der Waals surface area contributed by atoms with E-state index in [-0.39, 0.29) is 30.0 Å². The van der Waals surface area contributed by atoms with Crippen molar-refractivity contribution in [2.45, 2.75) is 26.3 Å². The Bertz CT molecular complexity index is 1300. The fourth-order valence-corrected chi connectivity index (χ4v) is 5.18. The van der Waals surface area contributed by atoms with E-state index in [0.717, 1.165) is 46.2 Å². The Morgan fingerprint density at radius 3 is 2.76 bits per heavy atom. The van der Waals surface area contributed by atoms with Crippen molar-refractivity contribution in [2.75, 3.05) is 18.0 Å². The van der Waals surface area contributed by atoms with Gasteiger partial charge in [-0.1, -0.05) is 29.5 Å². The molecule has 170 valence electrons. The predicted octanol–water partition coefficient (Wildman–Crippen LogP) is 4.60. The van der Waals surface area contributed by atoms with Crippen LogP contribution in [-0.4, -0.2) is 33.8 Å². The summed E-state index contributed by atoms with van der Waals surface area (Å²) in [6.07, 6.45) is 1.66. The summed E-state index contributed by atoms with van der Waals surface area (Å²) < 4.78 is 29.9. The third-order valence-electron chi connectivity index (χ3n) is 5.92. The first-order valence-corrected chi connectivity index (χ1v) is 11.7. The van der Waals surface area contributed by atoms with Gasteiger partial charge < -0.3 is 10.2 Å². The average Bonchev–Trinajstić information content (AvgIpc) is 3.40. The van der Waals surface area contributed by atoms with Crippen molar-refractivity contribution in [1.82, 2.24) is 20.1 Å². The molecule has 4 aromatic rings. The van der Waals surface area contributed by atoms with Gasteiger partial charge in [0.25, 0.3) is 0 Å². The number of carbonyl (C=O) groups excluding carboxylic acids is 1. The van der Waals surface area contributed by atoms with E-state index in [1.165, 1.54) is 18.2 Å². The number of halogens is 2. The number of amides is 1. The second-order valence-electron chi connectivity index (χ2n) is 8.22. The first-order chi connectivity index (χ1) is 16.0. The second-order valence-corrected chi connectivity index (χ2v) is 9.19. The van der Waals surface area contributed by atoms with E-state index < -0.39 is 0 Å². The maximum absolute atomic E-state index is 13.9. The molecule has 2 aromatic carbocycles. The third kappa shape index (κ3) is 4.32. The maximum Gasteiger partial charge on any atom is 0.225 e. The van der Waals surface area contributed by atoms with Crippen LogP contribution in [0.5, 0.6) is 0 Å². The highest BCUT2D eigenvalue weighted by Gasteiger charge is 2.28. The molecule has 1 fully saturated rings. The minimum absolute atomic E-state index is 0.0715. The molecule has 9 heteroatoms. The summed E-state index contributed by atoms with van der Waals surface area (Å²) in [6, 6.07) is 12.6. The molecule has 0 aliphatic carbocycles. The molecule has 33 heavy (non-hydrogen) atoms. The summed E-state index contributed by atoms with van der Waals surface area (Å²) >= 11 is 1.55. The van der Waals surface area contributed by atoms with E-state index in [4.69, 9.17) is 4.98 Å². The fourth-order valence-electron chi connectivity index (χ4n) is 4.15. The van der Waals surface area contributed by atoms with Gasteiger partial charge in [0.05, 0.1) is 22.0 Å². The van der Waals surface area contributed by atoms with Crippen LogP contribution >= 0.6 is 11.3 Å². The van der Waals surface area contributed by atoms with Crippen molar-refractivity contribution in [3.8, 4) is 5.69 Å². The largest absolute Gasteiger partial charge is 0.352 e. The van der Waals surface area contributed by atoms with Gasteiger partial charge in [0.15, 0.2) is 10.8 Å². The van der Waals surface area contributed by atoms with Gasteiger partial charge in [-0.15, -0.1) is 0 Å². The molecule has 2 aromatic heterocycles. The number of carbonyl (C=O) groups is 1. The zero-order chi connectivity index (χ0) is 22.9. The van der Waals surface area contributed by atoms with Crippen molar-refractivity contribution in [1.29, 1.82) is 0 Å². The highest BCUT2D eigenvalue weighted by molar-refractivity contribution is 7.22. The number of piperidine rings is 1. The van der Waals surface area contributed by atoms with E-state index in [9.17, 15) is 13.6 Å². The molecule has 1 amide bonds. The van der Waals surface area contributed by atoms with Gasteiger partial charge in [-0.05, 0) is 50.1 Å². The number of nitrogens with one attached hydrogen (secondary N) is 1. The molecule has 0 spiro atoms. The molecular formula is C24H23F2N5OS. The van der Waals surface area contributed by atoms with Crippen LogP contribution < -0.4 is 10.2 Å². The van der Waals surface area contributed by atoms with E-state index in [2.05, 4.69) is 15.3 Å². The zero-order valence-electron chi connectivity index (χ0n) is 18.1. The minimum atomic E-state index is -0.317. The molecule has 5 rings (SSSR count). The number of nitrogens with zero attached hydrogens (tertiary/aromatic N) is 4. The summed E-state index contributed by atoms with van der Waals surface area (Å²) in [7, 11) is 0. The van der Waals surface area contributed by atoms with E-state index in [1.807, 2.05) is 6.92 Å². The van der Waals surface area contributed by atoms with Crippen molar-refractivity contribution in [3.63, 3.8) is 0 Å². The van der Waals surface area contributed by atoms with E-state index >= 15 is 0 Å². The fraction of sp³-hybridized carbons (Fsp3) is 0.292. The normalized spacial score (nSPS) is 16.3. The van der Waals surface area contributed by atoms with Crippen molar-refractivity contribution >= 4 is 32.7 Å². The van der Waals surface area contributed by atoms with Gasteiger partial charge in [0, 0.05) is 25.2 Å². The first-order valence-electron chi connectivity index (χ1n) is 10.9. The SMILES string of the molecule is Cc1nn(-c2ccc(F)cc2)c2nc(N3CCC[C@H](C(=O)NCc4ccccc4F)C3)sc12. The van der Waals surface area contributed by atoms with Crippen LogP contribution in [-0.2, 0) is 11.3 Å². The van der Waals surface area contributed by atoms with Crippen molar-refractivity contribution < 1.29 is 13.6 Å². The molecule has 1 aliphatic heterocycles. The second kappa shape index (κ2) is 8.90. The van der Waals surface area contributed by atoms with Gasteiger partial charge >= 0.3 is 0 Å². The van der Waals surface area contributed by atoms with Crippen LogP contribution in [0.1, 0.15) is 24.1 Å². The number of fused-ring (bicyclic) bond motifs is 1. The van der Waals surface area contributed by atoms with Crippen LogP contribution in [0.15, 0.2) is 48.5 Å². The van der Waals surface area contributed by atoms with E-state index in [1.54, 1.807) is 46.4 Å². The lowest BCUT2D eigenvalue weighted by molar-refractivity contribution is -0.125. The Balaban J connectivity index is 1.32.